The number of rotatable bonds is 5. The highest BCUT2D eigenvalue weighted by molar-refractivity contribution is 5.87. The van der Waals surface area contributed by atoms with Crippen molar-refractivity contribution < 1.29 is 4.79 Å². The molecule has 2 aromatic carbocycles. The van der Waals surface area contributed by atoms with Crippen LogP contribution in [0.4, 0.5) is 5.69 Å². The van der Waals surface area contributed by atoms with Gasteiger partial charge in [0, 0.05) is 12.2 Å². The highest BCUT2D eigenvalue weighted by Crippen LogP contribution is 2.18. The van der Waals surface area contributed by atoms with E-state index in [1.165, 1.54) is 10.8 Å². The molecule has 0 atom stereocenters. The molecule has 0 fully saturated rings. The third-order valence-corrected chi connectivity index (χ3v) is 2.91. The normalized spacial score (nSPS) is 10.7. The third-order valence-electron chi connectivity index (χ3n) is 2.91. The number of fused-ring (bicyclic) bond motifs is 1. The van der Waals surface area contributed by atoms with Crippen LogP contribution in [0, 0.1) is 5.92 Å². The number of carbonyl (C=O) groups is 1. The summed E-state index contributed by atoms with van der Waals surface area (Å²) in [6.45, 7) is 5.19. The van der Waals surface area contributed by atoms with E-state index < -0.39 is 0 Å². The molecule has 0 saturated carbocycles. The van der Waals surface area contributed by atoms with Crippen molar-refractivity contribution in [3.05, 3.63) is 42.5 Å². The van der Waals surface area contributed by atoms with Gasteiger partial charge in [-0.25, -0.2) is 0 Å². The minimum Gasteiger partial charge on any atom is -0.376 e. The zero-order chi connectivity index (χ0) is 13.7. The number of nitrogens with one attached hydrogen (secondary N) is 2. The van der Waals surface area contributed by atoms with Crippen LogP contribution in [0.3, 0.4) is 0 Å². The second-order valence-corrected chi connectivity index (χ2v) is 5.11. The smallest absolute Gasteiger partial charge is 0.239 e. The van der Waals surface area contributed by atoms with Crippen LogP contribution in [0.5, 0.6) is 0 Å². The van der Waals surface area contributed by atoms with Crippen LogP contribution in [-0.4, -0.2) is 19.0 Å². The van der Waals surface area contributed by atoms with Crippen molar-refractivity contribution in [1.82, 2.24) is 5.32 Å². The molecule has 100 valence electrons. The molecule has 0 aliphatic carbocycles. The van der Waals surface area contributed by atoms with Crippen molar-refractivity contribution >= 4 is 22.4 Å². The molecule has 0 saturated heterocycles. The fourth-order valence-corrected chi connectivity index (χ4v) is 1.86. The van der Waals surface area contributed by atoms with Crippen LogP contribution < -0.4 is 10.6 Å². The van der Waals surface area contributed by atoms with Gasteiger partial charge in [-0.2, -0.15) is 0 Å². The summed E-state index contributed by atoms with van der Waals surface area (Å²) in [7, 11) is 0. The Bertz CT molecular complexity index is 563. The number of carbonyl (C=O) groups excluding carboxylic acids is 1. The molecule has 0 aliphatic rings. The van der Waals surface area contributed by atoms with Crippen LogP contribution in [0.15, 0.2) is 42.5 Å². The number of anilines is 1. The molecule has 2 aromatic rings. The lowest BCUT2D eigenvalue weighted by molar-refractivity contribution is -0.119. The van der Waals surface area contributed by atoms with Gasteiger partial charge in [0.15, 0.2) is 0 Å². The van der Waals surface area contributed by atoms with Crippen molar-refractivity contribution in [1.29, 1.82) is 0 Å². The van der Waals surface area contributed by atoms with E-state index in [9.17, 15) is 4.79 Å². The largest absolute Gasteiger partial charge is 0.376 e. The molecule has 0 spiro atoms. The highest BCUT2D eigenvalue weighted by atomic mass is 16.1. The van der Waals surface area contributed by atoms with E-state index in [0.717, 1.165) is 12.2 Å². The van der Waals surface area contributed by atoms with Gasteiger partial charge in [0.05, 0.1) is 6.54 Å². The molecule has 3 nitrogen and oxygen atoms in total. The summed E-state index contributed by atoms with van der Waals surface area (Å²) in [6.07, 6.45) is 0. The molecule has 0 heterocycles. The van der Waals surface area contributed by atoms with Crippen LogP contribution in [-0.2, 0) is 4.79 Å². The maximum atomic E-state index is 11.6. The molecule has 0 aromatic heterocycles. The van der Waals surface area contributed by atoms with Gasteiger partial charge in [-0.3, -0.25) is 4.79 Å². The summed E-state index contributed by atoms with van der Waals surface area (Å²) in [5, 5.41) is 8.42. The third kappa shape index (κ3) is 3.98. The fourth-order valence-electron chi connectivity index (χ4n) is 1.86. The average Bonchev–Trinajstić information content (AvgIpc) is 2.42. The summed E-state index contributed by atoms with van der Waals surface area (Å²) >= 11 is 0. The van der Waals surface area contributed by atoms with E-state index in [4.69, 9.17) is 0 Å². The Hall–Kier alpha value is -2.03. The fraction of sp³-hybridized carbons (Fsp3) is 0.312. The Morgan fingerprint density at radius 3 is 2.58 bits per heavy atom. The first kappa shape index (κ1) is 13.4. The second kappa shape index (κ2) is 6.23. The van der Waals surface area contributed by atoms with Gasteiger partial charge in [-0.15, -0.1) is 0 Å². The zero-order valence-corrected chi connectivity index (χ0v) is 11.4. The first-order valence-electron chi connectivity index (χ1n) is 6.64. The zero-order valence-electron chi connectivity index (χ0n) is 11.4. The maximum Gasteiger partial charge on any atom is 0.239 e. The topological polar surface area (TPSA) is 41.1 Å². The van der Waals surface area contributed by atoms with E-state index >= 15 is 0 Å². The second-order valence-electron chi connectivity index (χ2n) is 5.11. The lowest BCUT2D eigenvalue weighted by Crippen LogP contribution is -2.32. The summed E-state index contributed by atoms with van der Waals surface area (Å²) in [5.41, 5.74) is 0.971. The van der Waals surface area contributed by atoms with E-state index in [0.29, 0.717) is 12.5 Å². The first-order valence-corrected chi connectivity index (χ1v) is 6.64. The Kier molecular flexibility index (Phi) is 4.39. The van der Waals surface area contributed by atoms with Crippen LogP contribution in [0.2, 0.25) is 0 Å². The van der Waals surface area contributed by atoms with Gasteiger partial charge in [0.25, 0.3) is 0 Å². The minimum atomic E-state index is 0.0295. The number of amides is 1. The van der Waals surface area contributed by atoms with Crippen molar-refractivity contribution in [3.63, 3.8) is 0 Å². The summed E-state index contributed by atoms with van der Waals surface area (Å²) in [6, 6.07) is 14.3. The van der Waals surface area contributed by atoms with Crippen LogP contribution in [0.1, 0.15) is 13.8 Å². The molecule has 0 bridgehead atoms. The van der Waals surface area contributed by atoms with Crippen LogP contribution >= 0.6 is 0 Å². The minimum absolute atomic E-state index is 0.0295. The van der Waals surface area contributed by atoms with E-state index in [-0.39, 0.29) is 5.91 Å². The summed E-state index contributed by atoms with van der Waals surface area (Å²) < 4.78 is 0. The molecule has 2 rings (SSSR count). The number of benzene rings is 2. The molecule has 2 N–H and O–H groups in total. The quantitative estimate of drug-likeness (QED) is 0.863. The van der Waals surface area contributed by atoms with Crippen molar-refractivity contribution in [2.24, 2.45) is 5.92 Å². The van der Waals surface area contributed by atoms with Gasteiger partial charge < -0.3 is 10.6 Å². The van der Waals surface area contributed by atoms with Gasteiger partial charge >= 0.3 is 0 Å². The molecule has 3 heteroatoms. The van der Waals surface area contributed by atoms with Crippen molar-refractivity contribution in [2.45, 2.75) is 13.8 Å². The Morgan fingerprint density at radius 2 is 1.84 bits per heavy atom. The van der Waals surface area contributed by atoms with E-state index in [1.54, 1.807) is 0 Å². The molecule has 0 aliphatic heterocycles. The standard InChI is InChI=1S/C16H20N2O/c1-12(2)10-18-16(19)11-17-15-8-7-13-5-3-4-6-14(13)9-15/h3-9,12,17H,10-11H2,1-2H3,(H,18,19). The molecule has 0 unspecified atom stereocenters. The molecular weight excluding hydrogens is 236 g/mol. The summed E-state index contributed by atoms with van der Waals surface area (Å²) in [4.78, 5) is 11.6. The van der Waals surface area contributed by atoms with Gasteiger partial charge in [-0.05, 0) is 28.8 Å². The molecular formula is C16H20N2O. The monoisotopic (exact) mass is 256 g/mol. The van der Waals surface area contributed by atoms with Gasteiger partial charge in [0.1, 0.15) is 0 Å². The molecule has 0 radical (unpaired) electrons. The first-order chi connectivity index (χ1) is 9.15. The lowest BCUT2D eigenvalue weighted by atomic mass is 10.1. The summed E-state index contributed by atoms with van der Waals surface area (Å²) in [5.74, 6) is 0.506. The molecule has 1 amide bonds. The lowest BCUT2D eigenvalue weighted by Gasteiger charge is -2.10. The van der Waals surface area contributed by atoms with Crippen molar-refractivity contribution in [3.8, 4) is 0 Å². The van der Waals surface area contributed by atoms with Crippen molar-refractivity contribution in [2.75, 3.05) is 18.4 Å². The Labute approximate surface area is 114 Å². The number of hydrogen-bond donors (Lipinski definition) is 2. The van der Waals surface area contributed by atoms with Gasteiger partial charge in [0.2, 0.25) is 5.91 Å². The van der Waals surface area contributed by atoms with Gasteiger partial charge in [-0.1, -0.05) is 44.2 Å². The molecule has 19 heavy (non-hydrogen) atoms. The predicted octanol–water partition coefficient (Wildman–Crippen LogP) is 3.02. The van der Waals surface area contributed by atoms with E-state index in [2.05, 4.69) is 48.7 Å². The van der Waals surface area contributed by atoms with Crippen LogP contribution in [0.25, 0.3) is 10.8 Å². The predicted molar refractivity (Wildman–Crippen MR) is 80.3 cm³/mol. The highest BCUT2D eigenvalue weighted by Gasteiger charge is 2.02. The average molecular weight is 256 g/mol. The Balaban J connectivity index is 1.92. The van der Waals surface area contributed by atoms with E-state index in [1.807, 2.05) is 18.2 Å². The Morgan fingerprint density at radius 1 is 1.11 bits per heavy atom. The maximum absolute atomic E-state index is 11.6. The SMILES string of the molecule is CC(C)CNC(=O)CNc1ccc2ccccc2c1. The number of hydrogen-bond acceptors (Lipinski definition) is 2.